The highest BCUT2D eigenvalue weighted by atomic mass is 16.2. The van der Waals surface area contributed by atoms with Crippen LogP contribution in [0, 0.1) is 0 Å². The molecule has 1 saturated carbocycles. The quantitative estimate of drug-likeness (QED) is 0.441. The zero-order chi connectivity index (χ0) is 22.6. The molecule has 2 aromatic carbocycles. The Morgan fingerprint density at radius 2 is 1.79 bits per heavy atom. The van der Waals surface area contributed by atoms with Crippen LogP contribution in [0.25, 0.3) is 17.1 Å². The lowest BCUT2D eigenvalue weighted by Gasteiger charge is -2.28. The van der Waals surface area contributed by atoms with Gasteiger partial charge in [0, 0.05) is 29.7 Å². The maximum atomic E-state index is 13.2. The van der Waals surface area contributed by atoms with Crippen LogP contribution in [-0.4, -0.2) is 25.7 Å². The number of carbonyl (C=O) groups is 1. The number of carbonyl (C=O) groups excluding carboxylic acids is 1. The molecule has 1 fully saturated rings. The second-order valence-corrected chi connectivity index (χ2v) is 9.22. The van der Waals surface area contributed by atoms with Crippen LogP contribution in [0.2, 0.25) is 0 Å². The van der Waals surface area contributed by atoms with E-state index in [1.54, 1.807) is 6.20 Å². The Balaban J connectivity index is 1.40. The summed E-state index contributed by atoms with van der Waals surface area (Å²) in [6.07, 6.45) is 7.75. The molecule has 0 radical (unpaired) electrons. The van der Waals surface area contributed by atoms with Crippen LogP contribution in [0.15, 0.2) is 73.2 Å². The molecule has 6 heteroatoms. The number of amides is 1. The molecular formula is C27H25N5O. The molecule has 1 aliphatic carbocycles. The van der Waals surface area contributed by atoms with Crippen molar-refractivity contribution in [2.24, 2.45) is 0 Å². The van der Waals surface area contributed by atoms with E-state index in [2.05, 4.69) is 60.3 Å². The maximum absolute atomic E-state index is 13.2. The van der Waals surface area contributed by atoms with E-state index in [0.717, 1.165) is 41.0 Å². The predicted octanol–water partition coefficient (Wildman–Crippen LogP) is 5.03. The molecule has 1 aliphatic heterocycles. The molecule has 3 heterocycles. The van der Waals surface area contributed by atoms with Crippen molar-refractivity contribution in [3.05, 3.63) is 89.9 Å². The van der Waals surface area contributed by atoms with Crippen molar-refractivity contribution in [1.29, 1.82) is 0 Å². The Kier molecular flexibility index (Phi) is 4.43. The summed E-state index contributed by atoms with van der Waals surface area (Å²) in [6.45, 7) is 4.35. The second-order valence-electron chi connectivity index (χ2n) is 9.22. The standard InChI is InChI=1S/C27H25N5O/c1-18(2)22-6-3-4-7-23(22)25-28-17-19-16-24(33)32(26(19)30-25)27(12-13-27)20-8-10-21(11-9-20)31-15-5-14-29-31/h3-11,14-15,17-18H,12-13,16H2,1-2H3. The van der Waals surface area contributed by atoms with Gasteiger partial charge in [0.2, 0.25) is 5.91 Å². The first-order valence-corrected chi connectivity index (χ1v) is 11.5. The first-order chi connectivity index (χ1) is 16.1. The van der Waals surface area contributed by atoms with E-state index in [-0.39, 0.29) is 11.4 Å². The van der Waals surface area contributed by atoms with Gasteiger partial charge in [0.05, 0.1) is 17.6 Å². The molecule has 0 spiro atoms. The number of hydrogen-bond donors (Lipinski definition) is 0. The van der Waals surface area contributed by atoms with Gasteiger partial charge in [-0.25, -0.2) is 14.6 Å². The SMILES string of the molecule is CC(C)c1ccccc1-c1ncc2c(n1)N(C1(c3ccc(-n4cccn4)cc3)CC1)C(=O)C2. The molecule has 2 aliphatic rings. The summed E-state index contributed by atoms with van der Waals surface area (Å²) in [6, 6.07) is 18.5. The van der Waals surface area contributed by atoms with Crippen LogP contribution in [0.1, 0.15) is 49.3 Å². The number of fused-ring (bicyclic) bond motifs is 1. The largest absolute Gasteiger partial charge is 0.286 e. The fourth-order valence-electron chi connectivity index (χ4n) is 4.96. The number of hydrogen-bond acceptors (Lipinski definition) is 4. The maximum Gasteiger partial charge on any atom is 0.233 e. The van der Waals surface area contributed by atoms with Crippen molar-refractivity contribution in [2.75, 3.05) is 4.90 Å². The van der Waals surface area contributed by atoms with Gasteiger partial charge in [-0.05, 0) is 48.1 Å². The number of benzene rings is 2. The van der Waals surface area contributed by atoms with Gasteiger partial charge in [0.25, 0.3) is 0 Å². The van der Waals surface area contributed by atoms with Gasteiger partial charge in [-0.15, -0.1) is 0 Å². The molecular weight excluding hydrogens is 410 g/mol. The van der Waals surface area contributed by atoms with E-state index in [1.807, 2.05) is 40.2 Å². The summed E-state index contributed by atoms with van der Waals surface area (Å²) < 4.78 is 1.84. The fraction of sp³-hybridized carbons (Fsp3) is 0.259. The lowest BCUT2D eigenvalue weighted by Crippen LogP contribution is -2.38. The summed E-state index contributed by atoms with van der Waals surface area (Å²) in [5.41, 5.74) is 4.97. The zero-order valence-corrected chi connectivity index (χ0v) is 18.8. The third kappa shape index (κ3) is 3.17. The minimum Gasteiger partial charge on any atom is -0.286 e. The minimum absolute atomic E-state index is 0.0993. The Labute approximate surface area is 192 Å². The average Bonchev–Trinajstić information content (AvgIpc) is 3.28. The molecule has 164 valence electrons. The van der Waals surface area contributed by atoms with Crippen molar-refractivity contribution < 1.29 is 4.79 Å². The van der Waals surface area contributed by atoms with Crippen LogP contribution in [0.4, 0.5) is 5.82 Å². The van der Waals surface area contributed by atoms with Crippen LogP contribution < -0.4 is 4.90 Å². The van der Waals surface area contributed by atoms with Gasteiger partial charge >= 0.3 is 0 Å². The van der Waals surface area contributed by atoms with E-state index >= 15 is 0 Å². The van der Waals surface area contributed by atoms with Crippen LogP contribution in [0.3, 0.4) is 0 Å². The highest BCUT2D eigenvalue weighted by Crippen LogP contribution is 2.54. The molecule has 33 heavy (non-hydrogen) atoms. The first-order valence-electron chi connectivity index (χ1n) is 11.5. The molecule has 4 aromatic rings. The Morgan fingerprint density at radius 1 is 1.00 bits per heavy atom. The van der Waals surface area contributed by atoms with Gasteiger partial charge in [0.1, 0.15) is 5.82 Å². The van der Waals surface area contributed by atoms with E-state index in [1.165, 1.54) is 5.56 Å². The summed E-state index contributed by atoms with van der Waals surface area (Å²) in [7, 11) is 0. The zero-order valence-electron chi connectivity index (χ0n) is 18.8. The monoisotopic (exact) mass is 435 g/mol. The van der Waals surface area contributed by atoms with Gasteiger partial charge in [0.15, 0.2) is 5.82 Å². The van der Waals surface area contributed by atoms with Crippen molar-refractivity contribution in [2.45, 2.75) is 44.6 Å². The third-order valence-corrected chi connectivity index (χ3v) is 6.79. The molecule has 0 atom stereocenters. The molecule has 0 unspecified atom stereocenters. The number of aromatic nitrogens is 4. The normalized spacial score (nSPS) is 16.3. The minimum atomic E-state index is -0.325. The number of rotatable bonds is 5. The van der Waals surface area contributed by atoms with E-state index in [9.17, 15) is 4.79 Å². The van der Waals surface area contributed by atoms with Crippen molar-refractivity contribution in [3.63, 3.8) is 0 Å². The van der Waals surface area contributed by atoms with Crippen LogP contribution in [0.5, 0.6) is 0 Å². The highest BCUT2D eigenvalue weighted by Gasteiger charge is 2.55. The van der Waals surface area contributed by atoms with E-state index in [4.69, 9.17) is 4.98 Å². The summed E-state index contributed by atoms with van der Waals surface area (Å²) in [5.74, 6) is 1.90. The van der Waals surface area contributed by atoms with Crippen molar-refractivity contribution in [3.8, 4) is 17.1 Å². The lowest BCUT2D eigenvalue weighted by molar-refractivity contribution is -0.118. The van der Waals surface area contributed by atoms with Crippen molar-refractivity contribution in [1.82, 2.24) is 19.7 Å². The van der Waals surface area contributed by atoms with Gasteiger partial charge in [-0.1, -0.05) is 50.2 Å². The second kappa shape index (κ2) is 7.37. The molecule has 6 rings (SSSR count). The van der Waals surface area contributed by atoms with E-state index < -0.39 is 0 Å². The van der Waals surface area contributed by atoms with Gasteiger partial charge < -0.3 is 0 Å². The summed E-state index contributed by atoms with van der Waals surface area (Å²) in [5, 5.41) is 4.31. The summed E-state index contributed by atoms with van der Waals surface area (Å²) in [4.78, 5) is 24.8. The molecule has 6 nitrogen and oxygen atoms in total. The smallest absolute Gasteiger partial charge is 0.233 e. The first kappa shape index (κ1) is 19.9. The summed E-state index contributed by atoms with van der Waals surface area (Å²) >= 11 is 0. The van der Waals surface area contributed by atoms with E-state index in [0.29, 0.717) is 18.2 Å². The Bertz CT molecular complexity index is 1340. The molecule has 2 aromatic heterocycles. The fourth-order valence-corrected chi connectivity index (χ4v) is 4.96. The molecule has 0 N–H and O–H groups in total. The molecule has 0 saturated heterocycles. The Hall–Kier alpha value is -3.80. The average molecular weight is 436 g/mol. The lowest BCUT2D eigenvalue weighted by atomic mass is 9.97. The molecule has 0 bridgehead atoms. The van der Waals surface area contributed by atoms with Crippen LogP contribution >= 0.6 is 0 Å². The van der Waals surface area contributed by atoms with Gasteiger partial charge in [-0.3, -0.25) is 9.69 Å². The van der Waals surface area contributed by atoms with Crippen molar-refractivity contribution >= 4 is 11.7 Å². The number of nitrogens with zero attached hydrogens (tertiary/aromatic N) is 5. The highest BCUT2D eigenvalue weighted by molar-refractivity contribution is 6.02. The number of anilines is 1. The third-order valence-electron chi connectivity index (χ3n) is 6.79. The topological polar surface area (TPSA) is 63.9 Å². The molecule has 1 amide bonds. The Morgan fingerprint density at radius 3 is 2.48 bits per heavy atom. The van der Waals surface area contributed by atoms with Gasteiger partial charge in [-0.2, -0.15) is 5.10 Å². The van der Waals surface area contributed by atoms with Crippen LogP contribution in [-0.2, 0) is 16.8 Å². The predicted molar refractivity (Wildman–Crippen MR) is 127 cm³/mol.